The molecule has 1 N–H and O–H groups in total. The highest BCUT2D eigenvalue weighted by Crippen LogP contribution is 2.37. The van der Waals surface area contributed by atoms with Crippen molar-refractivity contribution in [3.05, 3.63) is 23.8 Å². The van der Waals surface area contributed by atoms with Crippen LogP contribution in [0.25, 0.3) is 10.9 Å². The lowest BCUT2D eigenvalue weighted by atomic mass is 9.82. The number of hydrogen-bond acceptors (Lipinski definition) is 6. The molecule has 0 spiro atoms. The molecule has 1 fully saturated rings. The molecule has 2 heterocycles. The number of nitrogens with zero attached hydrogens (tertiary/aromatic N) is 3. The summed E-state index contributed by atoms with van der Waals surface area (Å²) < 4.78 is 10.9. The molecule has 0 unspecified atom stereocenters. The van der Waals surface area contributed by atoms with Gasteiger partial charge in [-0.2, -0.15) is 0 Å². The Balaban J connectivity index is 1.98. The summed E-state index contributed by atoms with van der Waals surface area (Å²) in [5, 5.41) is 10.7. The first-order valence-electron chi connectivity index (χ1n) is 9.56. The third-order valence-electron chi connectivity index (χ3n) is 5.06. The maximum absolute atomic E-state index is 9.82. The zero-order valence-electron chi connectivity index (χ0n) is 15.9. The number of aliphatic hydroxyl groups excluding tert-OH is 1. The van der Waals surface area contributed by atoms with Crippen LogP contribution in [-0.4, -0.2) is 46.5 Å². The van der Waals surface area contributed by atoms with E-state index in [1.54, 1.807) is 7.11 Å². The fourth-order valence-corrected chi connectivity index (χ4v) is 3.74. The van der Waals surface area contributed by atoms with Gasteiger partial charge in [0.2, 0.25) is 5.88 Å². The van der Waals surface area contributed by atoms with Gasteiger partial charge in [0.05, 0.1) is 23.6 Å². The monoisotopic (exact) mass is 359 g/mol. The molecular formula is C20H29N3O3. The molecule has 1 atom stereocenters. The van der Waals surface area contributed by atoms with E-state index in [9.17, 15) is 5.11 Å². The average molecular weight is 359 g/mol. The first-order chi connectivity index (χ1) is 12.6. The van der Waals surface area contributed by atoms with Gasteiger partial charge in [0, 0.05) is 38.1 Å². The number of hydrogen-bond donors (Lipinski definition) is 1. The maximum atomic E-state index is 9.82. The zero-order valence-corrected chi connectivity index (χ0v) is 15.9. The van der Waals surface area contributed by atoms with Crippen LogP contribution in [0.5, 0.6) is 5.88 Å². The quantitative estimate of drug-likeness (QED) is 0.817. The van der Waals surface area contributed by atoms with Crippen molar-refractivity contribution in [2.45, 2.75) is 58.0 Å². The van der Waals surface area contributed by atoms with Gasteiger partial charge in [0.15, 0.2) is 0 Å². The molecule has 0 amide bonds. The van der Waals surface area contributed by atoms with Crippen LogP contribution in [0.3, 0.4) is 0 Å². The molecule has 26 heavy (non-hydrogen) atoms. The van der Waals surface area contributed by atoms with Crippen molar-refractivity contribution >= 4 is 10.9 Å². The normalized spacial score (nSPS) is 21.7. The number of aromatic nitrogens is 3. The summed E-state index contributed by atoms with van der Waals surface area (Å²) in [4.78, 5) is 14.0. The summed E-state index contributed by atoms with van der Waals surface area (Å²) in [5.74, 6) is 2.16. The van der Waals surface area contributed by atoms with E-state index in [0.29, 0.717) is 30.9 Å². The molecule has 2 aromatic rings. The first-order valence-corrected chi connectivity index (χ1v) is 9.56. The Hall–Kier alpha value is -1.79. The molecule has 1 saturated carbocycles. The van der Waals surface area contributed by atoms with Crippen LogP contribution in [0.4, 0.5) is 0 Å². The molecule has 0 aromatic carbocycles. The van der Waals surface area contributed by atoms with Crippen molar-refractivity contribution in [2.24, 2.45) is 5.92 Å². The predicted molar refractivity (Wildman–Crippen MR) is 100 cm³/mol. The first kappa shape index (κ1) is 19.0. The molecule has 0 radical (unpaired) electrons. The minimum absolute atomic E-state index is 0.173. The zero-order chi connectivity index (χ0) is 18.5. The van der Waals surface area contributed by atoms with E-state index in [1.807, 2.05) is 19.3 Å². The van der Waals surface area contributed by atoms with Crippen LogP contribution in [-0.2, 0) is 11.2 Å². The van der Waals surface area contributed by atoms with Crippen molar-refractivity contribution in [3.63, 3.8) is 0 Å². The van der Waals surface area contributed by atoms with E-state index in [2.05, 4.69) is 16.9 Å². The lowest BCUT2D eigenvalue weighted by molar-refractivity contribution is 0.122. The molecule has 1 aliphatic carbocycles. The molecule has 0 aliphatic heterocycles. The fourth-order valence-electron chi connectivity index (χ4n) is 3.74. The van der Waals surface area contributed by atoms with E-state index in [1.165, 1.54) is 0 Å². The van der Waals surface area contributed by atoms with Gasteiger partial charge in [0.1, 0.15) is 5.82 Å². The molecule has 142 valence electrons. The van der Waals surface area contributed by atoms with Crippen molar-refractivity contribution in [1.82, 2.24) is 15.0 Å². The Morgan fingerprint density at radius 2 is 1.96 bits per heavy atom. The molecule has 2 aromatic heterocycles. The number of aliphatic hydroxyl groups is 1. The fraction of sp³-hybridized carbons (Fsp3) is 0.650. The number of rotatable bonds is 7. The van der Waals surface area contributed by atoms with E-state index in [0.717, 1.165) is 54.4 Å². The second-order valence-corrected chi connectivity index (χ2v) is 7.27. The van der Waals surface area contributed by atoms with Crippen LogP contribution < -0.4 is 4.74 Å². The number of ether oxygens (including phenoxy) is 2. The lowest BCUT2D eigenvalue weighted by Crippen LogP contribution is -2.18. The van der Waals surface area contributed by atoms with Crippen molar-refractivity contribution in [3.8, 4) is 5.88 Å². The van der Waals surface area contributed by atoms with Gasteiger partial charge in [-0.05, 0) is 44.4 Å². The second kappa shape index (κ2) is 8.73. The molecule has 6 heteroatoms. The van der Waals surface area contributed by atoms with Crippen LogP contribution in [0.1, 0.15) is 56.8 Å². The Labute approximate surface area is 155 Å². The average Bonchev–Trinajstić information content (AvgIpc) is 2.63. The summed E-state index contributed by atoms with van der Waals surface area (Å²) in [6, 6.07) is 0. The Bertz CT molecular complexity index is 730. The highest BCUT2D eigenvalue weighted by Gasteiger charge is 2.24. The molecule has 0 saturated heterocycles. The van der Waals surface area contributed by atoms with E-state index in [-0.39, 0.29) is 6.10 Å². The highest BCUT2D eigenvalue weighted by atomic mass is 16.5. The van der Waals surface area contributed by atoms with Crippen molar-refractivity contribution in [2.75, 3.05) is 20.3 Å². The summed E-state index contributed by atoms with van der Waals surface area (Å²) in [6.07, 6.45) is 7.95. The van der Waals surface area contributed by atoms with Crippen molar-refractivity contribution in [1.29, 1.82) is 0 Å². The summed E-state index contributed by atoms with van der Waals surface area (Å²) >= 11 is 0. The largest absolute Gasteiger partial charge is 0.477 e. The predicted octanol–water partition coefficient (Wildman–Crippen LogP) is 3.27. The Morgan fingerprint density at radius 3 is 2.65 bits per heavy atom. The van der Waals surface area contributed by atoms with E-state index < -0.39 is 0 Å². The minimum Gasteiger partial charge on any atom is -0.477 e. The van der Waals surface area contributed by atoms with Crippen LogP contribution >= 0.6 is 0 Å². The van der Waals surface area contributed by atoms with Gasteiger partial charge in [-0.25, -0.2) is 15.0 Å². The van der Waals surface area contributed by atoms with Gasteiger partial charge >= 0.3 is 0 Å². The topological polar surface area (TPSA) is 77.4 Å². The van der Waals surface area contributed by atoms with E-state index in [4.69, 9.17) is 14.5 Å². The minimum atomic E-state index is -0.173. The molecular weight excluding hydrogens is 330 g/mol. The van der Waals surface area contributed by atoms with Crippen molar-refractivity contribution < 1.29 is 14.6 Å². The maximum Gasteiger partial charge on any atom is 0.224 e. The Morgan fingerprint density at radius 1 is 1.19 bits per heavy atom. The number of pyridine rings is 1. The van der Waals surface area contributed by atoms with Gasteiger partial charge in [-0.15, -0.1) is 0 Å². The summed E-state index contributed by atoms with van der Waals surface area (Å²) in [7, 11) is 1.72. The van der Waals surface area contributed by atoms with Crippen LogP contribution in [0.15, 0.2) is 12.4 Å². The van der Waals surface area contributed by atoms with Gasteiger partial charge < -0.3 is 14.6 Å². The highest BCUT2D eigenvalue weighted by molar-refractivity contribution is 5.85. The third kappa shape index (κ3) is 4.30. The van der Waals surface area contributed by atoms with Gasteiger partial charge in [-0.1, -0.05) is 6.92 Å². The molecule has 1 aliphatic rings. The lowest BCUT2D eigenvalue weighted by Gasteiger charge is -2.26. The summed E-state index contributed by atoms with van der Waals surface area (Å²) in [5.41, 5.74) is 2.10. The second-order valence-electron chi connectivity index (χ2n) is 7.27. The third-order valence-corrected chi connectivity index (χ3v) is 5.06. The molecule has 6 nitrogen and oxygen atoms in total. The smallest absolute Gasteiger partial charge is 0.224 e. The van der Waals surface area contributed by atoms with Gasteiger partial charge in [0.25, 0.3) is 0 Å². The molecule has 3 rings (SSSR count). The Kier molecular flexibility index (Phi) is 6.38. The number of methoxy groups -OCH3 is 1. The summed E-state index contributed by atoms with van der Waals surface area (Å²) in [6.45, 7) is 5.34. The van der Waals surface area contributed by atoms with Crippen LogP contribution in [0.2, 0.25) is 0 Å². The van der Waals surface area contributed by atoms with Gasteiger partial charge in [-0.3, -0.25) is 0 Å². The number of fused-ring (bicyclic) bond motifs is 1. The molecule has 0 bridgehead atoms. The SMILES string of the molecule is CCOc1ncc(C2CCC(O)CC2)c2nc(C[C@@H](C)COC)ncc12. The van der Waals surface area contributed by atoms with Crippen LogP contribution in [0, 0.1) is 5.92 Å². The van der Waals surface area contributed by atoms with E-state index >= 15 is 0 Å². The standard InChI is InChI=1S/C20H29N3O3/c1-4-26-20-17-11-21-18(9-13(2)12-25-3)23-19(17)16(10-22-20)14-5-7-15(24)8-6-14/h10-11,13-15,24H,4-9,12H2,1-3H3/t13-,14?,15?/m1/s1.